The van der Waals surface area contributed by atoms with Crippen molar-refractivity contribution in [1.82, 2.24) is 20.1 Å². The molecule has 1 saturated heterocycles. The van der Waals surface area contributed by atoms with Crippen molar-refractivity contribution < 1.29 is 18.7 Å². The molecule has 28 heavy (non-hydrogen) atoms. The van der Waals surface area contributed by atoms with E-state index in [1.165, 1.54) is 11.3 Å². The van der Waals surface area contributed by atoms with Crippen molar-refractivity contribution >= 4 is 17.2 Å². The quantitative estimate of drug-likeness (QED) is 0.669. The highest BCUT2D eigenvalue weighted by molar-refractivity contribution is 7.09. The number of thiazole rings is 1. The first-order valence-corrected chi connectivity index (χ1v) is 10.00. The molecule has 1 amide bonds. The Hall–Kier alpha value is -2.94. The summed E-state index contributed by atoms with van der Waals surface area (Å²) in [6.45, 7) is 3.39. The fourth-order valence-electron chi connectivity index (χ4n) is 3.53. The molecule has 4 heterocycles. The lowest BCUT2D eigenvalue weighted by molar-refractivity contribution is 0.0693. The molecule has 2 aliphatic heterocycles. The molecule has 2 aliphatic rings. The van der Waals surface area contributed by atoms with Crippen LogP contribution in [0.4, 0.5) is 0 Å². The molecule has 144 valence electrons. The van der Waals surface area contributed by atoms with E-state index in [0.29, 0.717) is 35.5 Å². The van der Waals surface area contributed by atoms with Crippen LogP contribution < -0.4 is 9.47 Å². The van der Waals surface area contributed by atoms with E-state index in [0.717, 1.165) is 30.0 Å². The van der Waals surface area contributed by atoms with Crippen molar-refractivity contribution in [2.45, 2.75) is 25.7 Å². The topological polar surface area (TPSA) is 90.6 Å². The van der Waals surface area contributed by atoms with Gasteiger partial charge < -0.3 is 18.8 Å². The monoisotopic (exact) mass is 398 g/mol. The summed E-state index contributed by atoms with van der Waals surface area (Å²) in [5.74, 6) is 2.36. The summed E-state index contributed by atoms with van der Waals surface area (Å²) in [6.07, 6.45) is 1.80. The van der Waals surface area contributed by atoms with Crippen molar-refractivity contribution in [3.05, 3.63) is 40.2 Å². The number of aromatic nitrogens is 3. The zero-order valence-corrected chi connectivity index (χ0v) is 16.1. The van der Waals surface area contributed by atoms with Crippen molar-refractivity contribution in [2.75, 3.05) is 19.9 Å². The molecular formula is C19H18N4O4S. The molecule has 1 atom stereocenters. The third-order valence-electron chi connectivity index (χ3n) is 4.96. The summed E-state index contributed by atoms with van der Waals surface area (Å²) in [6, 6.07) is 5.53. The van der Waals surface area contributed by atoms with Gasteiger partial charge in [-0.2, -0.15) is 0 Å². The lowest BCUT2D eigenvalue weighted by Crippen LogP contribution is -2.39. The first kappa shape index (κ1) is 17.2. The standard InChI is InChI=1S/C19H18N4O4S/c1-11-20-14(9-28-11)19(24)23-6-2-3-13(8-23)18-22-21-17(27-18)12-4-5-15-16(7-12)26-10-25-15/h4-5,7,9,13H,2-3,6,8,10H2,1H3. The number of amides is 1. The highest BCUT2D eigenvalue weighted by Crippen LogP contribution is 2.36. The molecule has 1 unspecified atom stereocenters. The molecule has 0 saturated carbocycles. The molecule has 1 fully saturated rings. The Labute approximate surface area is 165 Å². The van der Waals surface area contributed by atoms with Gasteiger partial charge in [0.2, 0.25) is 18.6 Å². The van der Waals surface area contributed by atoms with Crippen LogP contribution in [0.25, 0.3) is 11.5 Å². The number of aryl methyl sites for hydroxylation is 1. The van der Waals surface area contributed by atoms with Crippen LogP contribution in [0, 0.1) is 6.92 Å². The molecule has 5 rings (SSSR count). The van der Waals surface area contributed by atoms with E-state index >= 15 is 0 Å². The SMILES string of the molecule is Cc1nc(C(=O)N2CCCC(c3nnc(-c4ccc5c(c4)OCO5)o3)C2)cs1. The van der Waals surface area contributed by atoms with Gasteiger partial charge in [-0.1, -0.05) is 0 Å². The van der Waals surface area contributed by atoms with Crippen LogP contribution in [0.2, 0.25) is 0 Å². The highest BCUT2D eigenvalue weighted by Gasteiger charge is 2.30. The number of hydrogen-bond acceptors (Lipinski definition) is 8. The second-order valence-corrected chi connectivity index (χ2v) is 7.92. The van der Waals surface area contributed by atoms with E-state index in [1.807, 2.05) is 35.4 Å². The van der Waals surface area contributed by atoms with Crippen molar-refractivity contribution in [3.63, 3.8) is 0 Å². The second-order valence-electron chi connectivity index (χ2n) is 6.86. The summed E-state index contributed by atoms with van der Waals surface area (Å²) in [4.78, 5) is 18.8. The maximum atomic E-state index is 12.7. The predicted octanol–water partition coefficient (Wildman–Crippen LogP) is 3.25. The van der Waals surface area contributed by atoms with Crippen LogP contribution in [0.3, 0.4) is 0 Å². The van der Waals surface area contributed by atoms with Gasteiger partial charge in [0.1, 0.15) is 5.69 Å². The minimum Gasteiger partial charge on any atom is -0.454 e. The van der Waals surface area contributed by atoms with Gasteiger partial charge in [0.15, 0.2) is 11.5 Å². The Balaban J connectivity index is 1.33. The molecule has 0 spiro atoms. The van der Waals surface area contributed by atoms with Gasteiger partial charge in [0.05, 0.1) is 10.9 Å². The average Bonchev–Trinajstić information content (AvgIpc) is 3.47. The molecule has 1 aromatic carbocycles. The first-order valence-electron chi connectivity index (χ1n) is 9.12. The lowest BCUT2D eigenvalue weighted by atomic mass is 9.98. The van der Waals surface area contributed by atoms with Gasteiger partial charge in [-0.25, -0.2) is 4.98 Å². The first-order chi connectivity index (χ1) is 13.7. The number of ether oxygens (including phenoxy) is 2. The van der Waals surface area contributed by atoms with Crippen molar-refractivity contribution in [1.29, 1.82) is 0 Å². The van der Waals surface area contributed by atoms with Gasteiger partial charge in [0.25, 0.3) is 5.91 Å². The molecular weight excluding hydrogens is 380 g/mol. The predicted molar refractivity (Wildman–Crippen MR) is 101 cm³/mol. The summed E-state index contributed by atoms with van der Waals surface area (Å²) in [5.41, 5.74) is 1.29. The van der Waals surface area contributed by atoms with Crippen LogP contribution >= 0.6 is 11.3 Å². The minimum atomic E-state index is -0.0374. The zero-order chi connectivity index (χ0) is 19.1. The Morgan fingerprint density at radius 2 is 2.14 bits per heavy atom. The van der Waals surface area contributed by atoms with Gasteiger partial charge >= 0.3 is 0 Å². The average molecular weight is 398 g/mol. The van der Waals surface area contributed by atoms with Gasteiger partial charge in [-0.15, -0.1) is 21.5 Å². The number of fused-ring (bicyclic) bond motifs is 1. The summed E-state index contributed by atoms with van der Waals surface area (Å²) in [5, 5.41) is 11.1. The fourth-order valence-corrected chi connectivity index (χ4v) is 4.12. The Morgan fingerprint density at radius 1 is 1.25 bits per heavy atom. The number of hydrogen-bond donors (Lipinski definition) is 0. The number of rotatable bonds is 3. The highest BCUT2D eigenvalue weighted by atomic mass is 32.1. The molecule has 8 nitrogen and oxygen atoms in total. The maximum absolute atomic E-state index is 12.7. The number of benzene rings is 1. The Kier molecular flexibility index (Phi) is 4.23. The number of likely N-dealkylation sites (tertiary alicyclic amines) is 1. The van der Waals surface area contributed by atoms with Crippen molar-refractivity contribution in [3.8, 4) is 23.0 Å². The largest absolute Gasteiger partial charge is 0.454 e. The van der Waals surface area contributed by atoms with E-state index < -0.39 is 0 Å². The molecule has 0 bridgehead atoms. The molecule has 0 aliphatic carbocycles. The van der Waals surface area contributed by atoms with Crippen LogP contribution in [0.5, 0.6) is 11.5 Å². The van der Waals surface area contributed by atoms with Crippen LogP contribution in [-0.4, -0.2) is 45.9 Å². The Morgan fingerprint density at radius 3 is 3.00 bits per heavy atom. The second kappa shape index (κ2) is 6.90. The van der Waals surface area contributed by atoms with E-state index in [4.69, 9.17) is 13.9 Å². The summed E-state index contributed by atoms with van der Waals surface area (Å²) < 4.78 is 16.7. The Bertz CT molecular complexity index is 1030. The van der Waals surface area contributed by atoms with E-state index in [2.05, 4.69) is 15.2 Å². The van der Waals surface area contributed by atoms with Gasteiger partial charge in [-0.05, 0) is 38.0 Å². The van der Waals surface area contributed by atoms with Gasteiger partial charge in [-0.3, -0.25) is 4.79 Å². The maximum Gasteiger partial charge on any atom is 0.273 e. The molecule has 3 aromatic rings. The summed E-state index contributed by atoms with van der Waals surface area (Å²) >= 11 is 1.48. The van der Waals surface area contributed by atoms with Crippen LogP contribution in [0.1, 0.15) is 40.1 Å². The molecule has 2 aromatic heterocycles. The van der Waals surface area contributed by atoms with Gasteiger partial charge in [0, 0.05) is 24.0 Å². The number of carbonyl (C=O) groups is 1. The minimum absolute atomic E-state index is 0.0210. The van der Waals surface area contributed by atoms with Crippen LogP contribution in [-0.2, 0) is 0 Å². The van der Waals surface area contributed by atoms with E-state index in [-0.39, 0.29) is 18.6 Å². The number of piperidine rings is 1. The zero-order valence-electron chi connectivity index (χ0n) is 15.3. The fraction of sp³-hybridized carbons (Fsp3) is 0.368. The lowest BCUT2D eigenvalue weighted by Gasteiger charge is -2.30. The molecule has 9 heteroatoms. The van der Waals surface area contributed by atoms with E-state index in [1.54, 1.807) is 0 Å². The summed E-state index contributed by atoms with van der Waals surface area (Å²) in [7, 11) is 0. The van der Waals surface area contributed by atoms with Crippen molar-refractivity contribution in [2.24, 2.45) is 0 Å². The number of carbonyl (C=O) groups excluding carboxylic acids is 1. The third-order valence-corrected chi connectivity index (χ3v) is 5.73. The van der Waals surface area contributed by atoms with Crippen LogP contribution in [0.15, 0.2) is 28.0 Å². The third kappa shape index (κ3) is 3.11. The normalized spacial score (nSPS) is 18.5. The molecule has 0 N–H and O–H groups in total. The smallest absolute Gasteiger partial charge is 0.273 e. The van der Waals surface area contributed by atoms with E-state index in [9.17, 15) is 4.79 Å². The molecule has 0 radical (unpaired) electrons. The number of nitrogens with zero attached hydrogens (tertiary/aromatic N) is 4.